The number of carbonyl (C=O) groups excluding carboxylic acids is 2. The van der Waals surface area contributed by atoms with Crippen LogP contribution in [0.3, 0.4) is 0 Å². The van der Waals surface area contributed by atoms with Crippen LogP contribution < -0.4 is 9.62 Å². The van der Waals surface area contributed by atoms with Crippen molar-refractivity contribution in [3.05, 3.63) is 70.7 Å². The second-order valence-corrected chi connectivity index (χ2v) is 10.1. The Morgan fingerprint density at radius 3 is 2.75 bits per heavy atom. The van der Waals surface area contributed by atoms with E-state index in [1.54, 1.807) is 24.4 Å². The molecule has 2 heterocycles. The van der Waals surface area contributed by atoms with Gasteiger partial charge in [-0.1, -0.05) is 24.3 Å². The van der Waals surface area contributed by atoms with E-state index in [1.807, 2.05) is 19.1 Å². The number of thiazole rings is 1. The zero-order chi connectivity index (χ0) is 22.9. The highest BCUT2D eigenvalue weighted by molar-refractivity contribution is 7.92. The van der Waals surface area contributed by atoms with Gasteiger partial charge in [0, 0.05) is 11.4 Å². The summed E-state index contributed by atoms with van der Waals surface area (Å²) in [4.78, 5) is 28.5. The maximum Gasteiger partial charge on any atom is 0.338 e. The number of nitrogens with zero attached hydrogens (tertiary/aromatic N) is 2. The van der Waals surface area contributed by atoms with E-state index in [0.717, 1.165) is 11.3 Å². The summed E-state index contributed by atoms with van der Waals surface area (Å²) in [5.74, 6) is -1.32. The third kappa shape index (κ3) is 4.37. The molecule has 0 bridgehead atoms. The van der Waals surface area contributed by atoms with Gasteiger partial charge in [-0.05, 0) is 50.1 Å². The number of aryl methyl sites for hydroxylation is 1. The SMILES string of the molecule is Cc1csc(NC(=O)COC(=O)c2cccc(S(=O)(=O)N3c4ccccc4CC3C)c2)n1. The second-order valence-electron chi connectivity index (χ2n) is 7.43. The number of nitrogens with one attached hydrogen (secondary N) is 1. The Balaban J connectivity index is 1.48. The highest BCUT2D eigenvalue weighted by Gasteiger charge is 2.36. The Hall–Kier alpha value is -3.24. The molecular weight excluding hydrogens is 450 g/mol. The zero-order valence-corrected chi connectivity index (χ0v) is 19.1. The van der Waals surface area contributed by atoms with Gasteiger partial charge in [0.1, 0.15) is 0 Å². The van der Waals surface area contributed by atoms with Crippen LogP contribution in [0.2, 0.25) is 0 Å². The first-order valence-corrected chi connectivity index (χ1v) is 12.2. The molecule has 2 aromatic carbocycles. The normalized spacial score (nSPS) is 15.3. The van der Waals surface area contributed by atoms with Gasteiger partial charge in [0.2, 0.25) is 0 Å². The minimum Gasteiger partial charge on any atom is -0.452 e. The fourth-order valence-corrected chi connectivity index (χ4v) is 6.02. The smallest absolute Gasteiger partial charge is 0.338 e. The monoisotopic (exact) mass is 471 g/mol. The van der Waals surface area contributed by atoms with Crippen molar-refractivity contribution >= 4 is 44.1 Å². The lowest BCUT2D eigenvalue weighted by Crippen LogP contribution is -2.35. The number of carbonyl (C=O) groups is 2. The standard InChI is InChI=1S/C22H21N3O5S2/c1-14-13-31-22(23-14)24-20(26)12-30-21(27)17-7-5-8-18(11-17)32(28,29)25-15(2)10-16-6-3-4-9-19(16)25/h3-9,11,13,15H,10,12H2,1-2H3,(H,23,24,26). The van der Waals surface area contributed by atoms with E-state index in [1.165, 1.54) is 39.9 Å². The Labute approximate surface area is 189 Å². The van der Waals surface area contributed by atoms with Crippen LogP contribution in [0.15, 0.2) is 58.8 Å². The number of para-hydroxylation sites is 1. The van der Waals surface area contributed by atoms with E-state index >= 15 is 0 Å². The van der Waals surface area contributed by atoms with Gasteiger partial charge in [-0.2, -0.15) is 0 Å². The predicted octanol–water partition coefficient (Wildman–Crippen LogP) is 3.39. The van der Waals surface area contributed by atoms with Crippen molar-refractivity contribution in [1.29, 1.82) is 0 Å². The quantitative estimate of drug-likeness (QED) is 0.553. The van der Waals surface area contributed by atoms with Gasteiger partial charge in [0.05, 0.1) is 21.8 Å². The van der Waals surface area contributed by atoms with Gasteiger partial charge in [-0.15, -0.1) is 11.3 Å². The molecule has 1 unspecified atom stereocenters. The Morgan fingerprint density at radius 2 is 2.00 bits per heavy atom. The Morgan fingerprint density at radius 1 is 1.22 bits per heavy atom. The molecule has 3 aromatic rings. The summed E-state index contributed by atoms with van der Waals surface area (Å²) in [6.45, 7) is 3.14. The topological polar surface area (TPSA) is 106 Å². The number of esters is 1. The number of anilines is 2. The molecule has 0 saturated carbocycles. The molecule has 0 spiro atoms. The molecule has 10 heteroatoms. The lowest BCUT2D eigenvalue weighted by molar-refractivity contribution is -0.119. The van der Waals surface area contributed by atoms with Crippen LogP contribution in [0, 0.1) is 6.92 Å². The largest absolute Gasteiger partial charge is 0.452 e. The molecule has 0 fully saturated rings. The molecule has 0 radical (unpaired) electrons. The van der Waals surface area contributed by atoms with Gasteiger partial charge < -0.3 is 4.74 Å². The maximum atomic E-state index is 13.4. The van der Waals surface area contributed by atoms with Gasteiger partial charge >= 0.3 is 5.97 Å². The number of rotatable bonds is 6. The minimum atomic E-state index is -3.89. The van der Waals surface area contributed by atoms with Crippen LogP contribution in [0.4, 0.5) is 10.8 Å². The molecule has 1 aromatic heterocycles. The first-order chi connectivity index (χ1) is 15.3. The molecule has 1 aliphatic heterocycles. The lowest BCUT2D eigenvalue weighted by Gasteiger charge is -2.24. The van der Waals surface area contributed by atoms with Crippen LogP contribution in [-0.4, -0.2) is 37.9 Å². The van der Waals surface area contributed by atoms with E-state index in [2.05, 4.69) is 10.3 Å². The van der Waals surface area contributed by atoms with Crippen molar-refractivity contribution in [1.82, 2.24) is 4.98 Å². The van der Waals surface area contributed by atoms with Crippen molar-refractivity contribution in [3.8, 4) is 0 Å². The van der Waals surface area contributed by atoms with Crippen molar-refractivity contribution in [2.24, 2.45) is 0 Å². The summed E-state index contributed by atoms with van der Waals surface area (Å²) in [6, 6.07) is 12.8. The third-order valence-electron chi connectivity index (χ3n) is 4.97. The molecule has 32 heavy (non-hydrogen) atoms. The zero-order valence-electron chi connectivity index (χ0n) is 17.4. The maximum absolute atomic E-state index is 13.4. The molecule has 1 amide bonds. The Kier molecular flexibility index (Phi) is 5.98. The molecule has 0 aliphatic carbocycles. The average molecular weight is 472 g/mol. The van der Waals surface area contributed by atoms with Gasteiger partial charge in [-0.25, -0.2) is 18.2 Å². The molecule has 4 rings (SSSR count). The summed E-state index contributed by atoms with van der Waals surface area (Å²) >= 11 is 1.27. The molecule has 1 aliphatic rings. The summed E-state index contributed by atoms with van der Waals surface area (Å²) < 4.78 is 33.2. The van der Waals surface area contributed by atoms with Crippen molar-refractivity contribution < 1.29 is 22.7 Å². The number of sulfonamides is 1. The van der Waals surface area contributed by atoms with Crippen LogP contribution >= 0.6 is 11.3 Å². The van der Waals surface area contributed by atoms with Crippen LogP contribution in [0.25, 0.3) is 0 Å². The van der Waals surface area contributed by atoms with Crippen molar-refractivity contribution in [2.75, 3.05) is 16.2 Å². The average Bonchev–Trinajstić information content (AvgIpc) is 3.33. The second kappa shape index (κ2) is 8.71. The van der Waals surface area contributed by atoms with E-state index in [0.29, 0.717) is 17.2 Å². The number of benzene rings is 2. The number of hydrogen-bond acceptors (Lipinski definition) is 7. The number of amides is 1. The fraction of sp³-hybridized carbons (Fsp3) is 0.227. The van der Waals surface area contributed by atoms with Crippen LogP contribution in [0.5, 0.6) is 0 Å². The fourth-order valence-electron chi connectivity index (χ4n) is 3.58. The Bertz CT molecular complexity index is 1290. The van der Waals surface area contributed by atoms with Gasteiger partial charge in [0.15, 0.2) is 11.7 Å². The lowest BCUT2D eigenvalue weighted by atomic mass is 10.1. The van der Waals surface area contributed by atoms with Crippen LogP contribution in [-0.2, 0) is 26.0 Å². The van der Waals surface area contributed by atoms with Crippen LogP contribution in [0.1, 0.15) is 28.5 Å². The first kappa shape index (κ1) is 22.0. The summed E-state index contributed by atoms with van der Waals surface area (Å²) in [5, 5.41) is 4.74. The van der Waals surface area contributed by atoms with E-state index in [9.17, 15) is 18.0 Å². The van der Waals surface area contributed by atoms with Crippen molar-refractivity contribution in [2.45, 2.75) is 31.2 Å². The molecule has 8 nitrogen and oxygen atoms in total. The van der Waals surface area contributed by atoms with Crippen molar-refractivity contribution in [3.63, 3.8) is 0 Å². The predicted molar refractivity (Wildman–Crippen MR) is 121 cm³/mol. The molecule has 1 atom stereocenters. The summed E-state index contributed by atoms with van der Waals surface area (Å²) in [6.07, 6.45) is 0.616. The molecular formula is C22H21N3O5S2. The molecule has 0 saturated heterocycles. The van der Waals surface area contributed by atoms with E-state index in [-0.39, 0.29) is 16.5 Å². The van der Waals surface area contributed by atoms with E-state index < -0.39 is 28.5 Å². The van der Waals surface area contributed by atoms with E-state index in [4.69, 9.17) is 4.74 Å². The summed E-state index contributed by atoms with van der Waals surface area (Å²) in [5.41, 5.74) is 2.42. The number of hydrogen-bond donors (Lipinski definition) is 1. The molecule has 166 valence electrons. The number of ether oxygens (including phenoxy) is 1. The summed E-state index contributed by atoms with van der Waals surface area (Å²) in [7, 11) is -3.89. The minimum absolute atomic E-state index is 0.0155. The highest BCUT2D eigenvalue weighted by Crippen LogP contribution is 2.36. The van der Waals surface area contributed by atoms with Gasteiger partial charge in [-0.3, -0.25) is 14.4 Å². The number of fused-ring (bicyclic) bond motifs is 1. The van der Waals surface area contributed by atoms with Gasteiger partial charge in [0.25, 0.3) is 15.9 Å². The molecule has 1 N–H and O–H groups in total. The first-order valence-electron chi connectivity index (χ1n) is 9.87. The highest BCUT2D eigenvalue weighted by atomic mass is 32.2. The number of aromatic nitrogens is 1. The third-order valence-corrected chi connectivity index (χ3v) is 7.77.